The van der Waals surface area contributed by atoms with Crippen molar-refractivity contribution in [3.8, 4) is 39.5 Å². The molecule has 1 aliphatic rings. The van der Waals surface area contributed by atoms with E-state index in [1.165, 1.54) is 10.9 Å². The smallest absolute Gasteiger partial charge is 0.220 e. The zero-order valence-corrected chi connectivity index (χ0v) is 27.3. The molecule has 1 saturated heterocycles. The summed E-state index contributed by atoms with van der Waals surface area (Å²) in [5.74, 6) is 0.627. The van der Waals surface area contributed by atoms with Gasteiger partial charge in [-0.3, -0.25) is 9.78 Å². The zero-order chi connectivity index (χ0) is 31.7. The normalized spacial score (nSPS) is 14.8. The Kier molecular flexibility index (Phi) is 9.10. The van der Waals surface area contributed by atoms with Crippen molar-refractivity contribution >= 4 is 40.0 Å². The number of rotatable bonds is 10. The summed E-state index contributed by atoms with van der Waals surface area (Å²) in [6.45, 7) is 2.12. The summed E-state index contributed by atoms with van der Waals surface area (Å²) in [6, 6.07) is 18.2. The number of nitrogens with one attached hydrogen (secondary N) is 2. The molecule has 4 heterocycles. The van der Waals surface area contributed by atoms with Crippen molar-refractivity contribution in [2.45, 2.75) is 32.0 Å². The first-order valence-electron chi connectivity index (χ1n) is 14.9. The molecule has 0 radical (unpaired) electrons. The minimum Gasteiger partial charge on any atom is -0.481 e. The molecule has 6 rings (SSSR count). The summed E-state index contributed by atoms with van der Waals surface area (Å²) in [7, 11) is 7.82. The monoisotopic (exact) mass is 642 g/mol. The number of halogens is 2. The lowest BCUT2D eigenvalue weighted by atomic mass is 9.99. The summed E-state index contributed by atoms with van der Waals surface area (Å²) in [5.41, 5.74) is 8.00. The molecule has 0 unspecified atom stereocenters. The molecule has 3 aromatic heterocycles. The van der Waals surface area contributed by atoms with E-state index in [1.54, 1.807) is 13.3 Å². The van der Waals surface area contributed by atoms with Crippen LogP contribution in [0.25, 0.3) is 44.5 Å². The van der Waals surface area contributed by atoms with Crippen LogP contribution in [-0.2, 0) is 24.9 Å². The second-order valence-electron chi connectivity index (χ2n) is 11.7. The van der Waals surface area contributed by atoms with Crippen molar-refractivity contribution in [2.24, 2.45) is 7.05 Å². The fourth-order valence-electron chi connectivity index (χ4n) is 6.01. The Labute approximate surface area is 273 Å². The van der Waals surface area contributed by atoms with Gasteiger partial charge in [0.05, 0.1) is 28.5 Å². The van der Waals surface area contributed by atoms with Crippen molar-refractivity contribution < 1.29 is 9.53 Å². The van der Waals surface area contributed by atoms with E-state index in [9.17, 15) is 4.79 Å². The van der Waals surface area contributed by atoms with Crippen molar-refractivity contribution in [3.63, 3.8) is 0 Å². The number of aromatic nitrogens is 3. The molecule has 2 aromatic carbocycles. The van der Waals surface area contributed by atoms with E-state index in [4.69, 9.17) is 32.9 Å². The third kappa shape index (κ3) is 6.42. The van der Waals surface area contributed by atoms with Gasteiger partial charge in [0.25, 0.3) is 0 Å². The first-order chi connectivity index (χ1) is 21.7. The predicted molar refractivity (Wildman–Crippen MR) is 182 cm³/mol. The molecule has 45 heavy (non-hydrogen) atoms. The molecule has 1 aliphatic heterocycles. The number of methoxy groups -OCH3 is 1. The third-order valence-corrected chi connectivity index (χ3v) is 9.00. The fourth-order valence-corrected chi connectivity index (χ4v) is 6.66. The number of nitrogens with zero attached hydrogens (tertiary/aromatic N) is 4. The summed E-state index contributed by atoms with van der Waals surface area (Å²) >= 11 is 14.2. The second kappa shape index (κ2) is 13.2. The molecule has 2 N–H and O–H groups in total. The number of carbonyl (C=O) groups excluding carboxylic acids is 1. The van der Waals surface area contributed by atoms with Crippen LogP contribution in [-0.4, -0.2) is 59.1 Å². The topological polar surface area (TPSA) is 84.3 Å². The molecular weight excluding hydrogens is 607 g/mol. The van der Waals surface area contributed by atoms with Crippen LogP contribution in [0.15, 0.2) is 67.0 Å². The standard InChI is InChI=1S/C35H36Cl2N6O2/c1-42(2)19-23-20-43(3)30-16-21(8-11-25(23)30)34-33(37)27(14-15-39-34)26-6-5-7-28(32(26)36)29-12-9-22(35(41-29)45-4)17-38-18-24-10-13-31(44)40-24/h5-9,11-12,14-16,20,24,38H,10,13,17-19H2,1-4H3,(H,40,44)/t24-/m1/s1. The van der Waals surface area contributed by atoms with E-state index in [0.717, 1.165) is 46.3 Å². The maximum atomic E-state index is 11.5. The van der Waals surface area contributed by atoms with Crippen molar-refractivity contribution in [3.05, 3.63) is 88.2 Å². The largest absolute Gasteiger partial charge is 0.481 e. The third-order valence-electron chi connectivity index (χ3n) is 8.21. The number of carbonyl (C=O) groups is 1. The Morgan fingerprint density at radius 1 is 1.04 bits per heavy atom. The number of ether oxygens (including phenoxy) is 1. The number of pyridine rings is 2. The highest BCUT2D eigenvalue weighted by Crippen LogP contribution is 2.42. The highest BCUT2D eigenvalue weighted by atomic mass is 35.5. The van der Waals surface area contributed by atoms with Gasteiger partial charge in [-0.2, -0.15) is 0 Å². The van der Waals surface area contributed by atoms with Gasteiger partial charge in [-0.15, -0.1) is 0 Å². The number of fused-ring (bicyclic) bond motifs is 1. The molecule has 5 aromatic rings. The van der Waals surface area contributed by atoms with Gasteiger partial charge in [-0.05, 0) is 44.3 Å². The van der Waals surface area contributed by atoms with E-state index in [-0.39, 0.29) is 11.9 Å². The summed E-state index contributed by atoms with van der Waals surface area (Å²) in [6.07, 6.45) is 5.37. The number of aryl methyl sites for hydroxylation is 1. The predicted octanol–water partition coefficient (Wildman–Crippen LogP) is 6.71. The molecule has 1 fully saturated rings. The van der Waals surface area contributed by atoms with Crippen LogP contribution in [0.2, 0.25) is 10.0 Å². The molecule has 1 atom stereocenters. The van der Waals surface area contributed by atoms with Gasteiger partial charge < -0.3 is 24.8 Å². The van der Waals surface area contributed by atoms with Crippen LogP contribution in [0.3, 0.4) is 0 Å². The molecule has 1 amide bonds. The summed E-state index contributed by atoms with van der Waals surface area (Å²) in [4.78, 5) is 23.1. The quantitative estimate of drug-likeness (QED) is 0.176. The minimum atomic E-state index is 0.108. The Balaban J connectivity index is 1.29. The van der Waals surface area contributed by atoms with Crippen LogP contribution in [0.5, 0.6) is 5.88 Å². The molecule has 0 bridgehead atoms. The first-order valence-corrected chi connectivity index (χ1v) is 15.7. The minimum absolute atomic E-state index is 0.108. The van der Waals surface area contributed by atoms with Crippen LogP contribution in [0.4, 0.5) is 0 Å². The van der Waals surface area contributed by atoms with Gasteiger partial charge in [0.2, 0.25) is 11.8 Å². The van der Waals surface area contributed by atoms with Gasteiger partial charge in [0.1, 0.15) is 0 Å². The first kappa shape index (κ1) is 31.0. The number of benzene rings is 2. The summed E-state index contributed by atoms with van der Waals surface area (Å²) in [5, 5.41) is 8.67. The maximum Gasteiger partial charge on any atom is 0.220 e. The van der Waals surface area contributed by atoms with Crippen molar-refractivity contribution in [2.75, 3.05) is 27.7 Å². The lowest BCUT2D eigenvalue weighted by Gasteiger charge is -2.15. The Hall–Kier alpha value is -3.95. The zero-order valence-electron chi connectivity index (χ0n) is 25.8. The number of hydrogen-bond acceptors (Lipinski definition) is 6. The van der Waals surface area contributed by atoms with E-state index >= 15 is 0 Å². The average Bonchev–Trinajstić information content (AvgIpc) is 3.58. The van der Waals surface area contributed by atoms with Gasteiger partial charge in [0.15, 0.2) is 0 Å². The van der Waals surface area contributed by atoms with E-state index in [2.05, 4.69) is 70.6 Å². The maximum absolute atomic E-state index is 11.5. The number of amides is 1. The molecule has 0 spiro atoms. The highest BCUT2D eigenvalue weighted by molar-refractivity contribution is 6.39. The molecule has 0 aliphatic carbocycles. The van der Waals surface area contributed by atoms with Gasteiger partial charge >= 0.3 is 0 Å². The molecular formula is C35H36Cl2N6O2. The SMILES string of the molecule is COc1nc(-c2cccc(-c3ccnc(-c4ccc5c(CN(C)C)cn(C)c5c4)c3Cl)c2Cl)ccc1CNC[C@H]1CCC(=O)N1. The molecule has 0 saturated carbocycles. The highest BCUT2D eigenvalue weighted by Gasteiger charge is 2.21. The van der Waals surface area contributed by atoms with Crippen molar-refractivity contribution in [1.82, 2.24) is 30.1 Å². The lowest BCUT2D eigenvalue weighted by Crippen LogP contribution is -2.35. The van der Waals surface area contributed by atoms with Crippen LogP contribution < -0.4 is 15.4 Å². The van der Waals surface area contributed by atoms with E-state index in [1.807, 2.05) is 36.4 Å². The average molecular weight is 644 g/mol. The van der Waals surface area contributed by atoms with Gasteiger partial charge in [-0.1, -0.05) is 59.6 Å². The Morgan fingerprint density at radius 3 is 2.60 bits per heavy atom. The van der Waals surface area contributed by atoms with E-state index in [0.29, 0.717) is 46.8 Å². The van der Waals surface area contributed by atoms with Crippen LogP contribution in [0, 0.1) is 0 Å². The van der Waals surface area contributed by atoms with Crippen LogP contribution in [0.1, 0.15) is 24.0 Å². The van der Waals surface area contributed by atoms with Gasteiger partial charge in [0, 0.05) is 90.3 Å². The van der Waals surface area contributed by atoms with Crippen molar-refractivity contribution in [1.29, 1.82) is 0 Å². The second-order valence-corrected chi connectivity index (χ2v) is 12.5. The molecule has 8 nitrogen and oxygen atoms in total. The van der Waals surface area contributed by atoms with E-state index < -0.39 is 0 Å². The van der Waals surface area contributed by atoms with Crippen LogP contribution >= 0.6 is 23.2 Å². The lowest BCUT2D eigenvalue weighted by molar-refractivity contribution is -0.119. The Bertz CT molecular complexity index is 1890. The van der Waals surface area contributed by atoms with Gasteiger partial charge in [-0.25, -0.2) is 4.98 Å². The molecule has 10 heteroatoms. The summed E-state index contributed by atoms with van der Waals surface area (Å²) < 4.78 is 7.79. The number of hydrogen-bond donors (Lipinski definition) is 2. The Morgan fingerprint density at radius 2 is 1.84 bits per heavy atom. The molecule has 232 valence electrons. The fraction of sp³-hybridized carbons (Fsp3) is 0.286.